The van der Waals surface area contributed by atoms with Gasteiger partial charge in [0.15, 0.2) is 0 Å². The SMILES string of the molecule is CN(C)CCCNC(=O)c1cccnc1Cl.Cl. The van der Waals surface area contributed by atoms with Crippen LogP contribution in [0.4, 0.5) is 0 Å². The number of nitrogens with zero attached hydrogens (tertiary/aromatic N) is 2. The van der Waals surface area contributed by atoms with Gasteiger partial charge in [0, 0.05) is 12.7 Å². The minimum atomic E-state index is -0.170. The summed E-state index contributed by atoms with van der Waals surface area (Å²) in [6, 6.07) is 3.36. The van der Waals surface area contributed by atoms with Gasteiger partial charge in [-0.3, -0.25) is 4.79 Å². The maximum absolute atomic E-state index is 11.7. The summed E-state index contributed by atoms with van der Waals surface area (Å²) in [7, 11) is 4.00. The molecule has 1 amide bonds. The second-order valence-electron chi connectivity index (χ2n) is 3.75. The maximum Gasteiger partial charge on any atom is 0.254 e. The molecule has 17 heavy (non-hydrogen) atoms. The zero-order chi connectivity index (χ0) is 12.0. The Bertz CT molecular complexity index is 358. The van der Waals surface area contributed by atoms with Crippen molar-refractivity contribution < 1.29 is 4.79 Å². The van der Waals surface area contributed by atoms with Crippen molar-refractivity contribution in [1.82, 2.24) is 15.2 Å². The first-order chi connectivity index (χ1) is 7.61. The van der Waals surface area contributed by atoms with E-state index in [1.807, 2.05) is 14.1 Å². The zero-order valence-electron chi connectivity index (χ0n) is 9.94. The fourth-order valence-electron chi connectivity index (χ4n) is 1.25. The lowest BCUT2D eigenvalue weighted by atomic mass is 10.2. The highest BCUT2D eigenvalue weighted by atomic mass is 35.5. The van der Waals surface area contributed by atoms with Crippen LogP contribution in [0.3, 0.4) is 0 Å². The molecule has 0 aromatic carbocycles. The molecule has 0 fully saturated rings. The lowest BCUT2D eigenvalue weighted by Gasteiger charge is -2.10. The topological polar surface area (TPSA) is 45.2 Å². The first-order valence-corrected chi connectivity index (χ1v) is 5.52. The van der Waals surface area contributed by atoms with Crippen LogP contribution < -0.4 is 5.32 Å². The van der Waals surface area contributed by atoms with Gasteiger partial charge in [-0.2, -0.15) is 0 Å². The van der Waals surface area contributed by atoms with Gasteiger partial charge in [-0.15, -0.1) is 12.4 Å². The Balaban J connectivity index is 0.00000256. The number of halogens is 2. The molecule has 0 unspecified atom stereocenters. The third-order valence-electron chi connectivity index (χ3n) is 2.07. The van der Waals surface area contributed by atoms with E-state index in [2.05, 4.69) is 15.2 Å². The molecule has 0 bridgehead atoms. The van der Waals surface area contributed by atoms with Crippen LogP contribution in [-0.4, -0.2) is 43.0 Å². The molecule has 1 aromatic rings. The summed E-state index contributed by atoms with van der Waals surface area (Å²) in [6.45, 7) is 1.59. The Morgan fingerprint density at radius 3 is 2.82 bits per heavy atom. The number of carbonyl (C=O) groups is 1. The smallest absolute Gasteiger partial charge is 0.254 e. The van der Waals surface area contributed by atoms with Crippen molar-refractivity contribution in [3.8, 4) is 0 Å². The predicted molar refractivity (Wildman–Crippen MR) is 72.0 cm³/mol. The standard InChI is InChI=1S/C11H16ClN3O.ClH/c1-15(2)8-4-7-14-11(16)9-5-3-6-13-10(9)12;/h3,5-6H,4,7-8H2,1-2H3,(H,14,16);1H. The van der Waals surface area contributed by atoms with Crippen LogP contribution in [0.25, 0.3) is 0 Å². The van der Waals surface area contributed by atoms with Crippen molar-refractivity contribution in [2.24, 2.45) is 0 Å². The Morgan fingerprint density at radius 1 is 1.53 bits per heavy atom. The summed E-state index contributed by atoms with van der Waals surface area (Å²) in [4.78, 5) is 17.6. The quantitative estimate of drug-likeness (QED) is 0.660. The van der Waals surface area contributed by atoms with E-state index in [1.54, 1.807) is 18.3 Å². The van der Waals surface area contributed by atoms with Crippen molar-refractivity contribution in [3.05, 3.63) is 29.0 Å². The average Bonchev–Trinajstić information content (AvgIpc) is 2.24. The highest BCUT2D eigenvalue weighted by Crippen LogP contribution is 2.10. The van der Waals surface area contributed by atoms with Gasteiger partial charge in [-0.25, -0.2) is 4.98 Å². The first-order valence-electron chi connectivity index (χ1n) is 5.14. The number of nitrogens with one attached hydrogen (secondary N) is 1. The van der Waals surface area contributed by atoms with Crippen LogP contribution in [0.2, 0.25) is 5.15 Å². The van der Waals surface area contributed by atoms with Gasteiger partial charge in [0.2, 0.25) is 0 Å². The maximum atomic E-state index is 11.7. The highest BCUT2D eigenvalue weighted by molar-refractivity contribution is 6.32. The second kappa shape index (κ2) is 8.28. The molecule has 0 aliphatic heterocycles. The zero-order valence-corrected chi connectivity index (χ0v) is 11.5. The van der Waals surface area contributed by atoms with Crippen molar-refractivity contribution in [2.45, 2.75) is 6.42 Å². The molecule has 1 rings (SSSR count). The van der Waals surface area contributed by atoms with E-state index in [-0.39, 0.29) is 23.5 Å². The van der Waals surface area contributed by atoms with E-state index < -0.39 is 0 Å². The molecule has 6 heteroatoms. The van der Waals surface area contributed by atoms with E-state index in [9.17, 15) is 4.79 Å². The molecule has 0 saturated heterocycles. The van der Waals surface area contributed by atoms with Gasteiger partial charge in [-0.1, -0.05) is 11.6 Å². The van der Waals surface area contributed by atoms with E-state index in [0.29, 0.717) is 12.1 Å². The Labute approximate surface area is 113 Å². The summed E-state index contributed by atoms with van der Waals surface area (Å²) in [5, 5.41) is 3.05. The highest BCUT2D eigenvalue weighted by Gasteiger charge is 2.09. The molecule has 0 radical (unpaired) electrons. The Kier molecular flexibility index (Phi) is 7.87. The predicted octanol–water partition coefficient (Wildman–Crippen LogP) is 1.84. The molecule has 1 aromatic heterocycles. The summed E-state index contributed by atoms with van der Waals surface area (Å²) in [5.74, 6) is -0.170. The lowest BCUT2D eigenvalue weighted by molar-refractivity contribution is 0.0952. The molecule has 1 heterocycles. The van der Waals surface area contributed by atoms with Crippen LogP contribution >= 0.6 is 24.0 Å². The number of hydrogen-bond donors (Lipinski definition) is 1. The Hall–Kier alpha value is -0.840. The lowest BCUT2D eigenvalue weighted by Crippen LogP contribution is -2.27. The van der Waals surface area contributed by atoms with Crippen molar-refractivity contribution in [3.63, 3.8) is 0 Å². The van der Waals surface area contributed by atoms with E-state index in [0.717, 1.165) is 13.0 Å². The van der Waals surface area contributed by atoms with E-state index in [1.165, 1.54) is 0 Å². The molecular weight excluding hydrogens is 261 g/mol. The van der Waals surface area contributed by atoms with Crippen LogP contribution in [0, 0.1) is 0 Å². The Morgan fingerprint density at radius 2 is 2.24 bits per heavy atom. The summed E-state index contributed by atoms with van der Waals surface area (Å²) in [5.41, 5.74) is 0.425. The number of pyridine rings is 1. The van der Waals surface area contributed by atoms with E-state index in [4.69, 9.17) is 11.6 Å². The summed E-state index contributed by atoms with van der Waals surface area (Å²) >= 11 is 5.80. The van der Waals surface area contributed by atoms with Crippen LogP contribution in [0.1, 0.15) is 16.8 Å². The second-order valence-corrected chi connectivity index (χ2v) is 4.11. The average molecular weight is 278 g/mol. The number of amides is 1. The third kappa shape index (κ3) is 5.86. The number of carbonyl (C=O) groups excluding carboxylic acids is 1. The van der Waals surface area contributed by atoms with Gasteiger partial charge >= 0.3 is 0 Å². The first kappa shape index (κ1) is 16.2. The fourth-order valence-corrected chi connectivity index (χ4v) is 1.45. The third-order valence-corrected chi connectivity index (χ3v) is 2.37. The molecule has 0 aliphatic rings. The van der Waals surface area contributed by atoms with Crippen LogP contribution in [0.15, 0.2) is 18.3 Å². The molecular formula is C11H17Cl2N3O. The van der Waals surface area contributed by atoms with Gasteiger partial charge in [-0.05, 0) is 39.2 Å². The van der Waals surface area contributed by atoms with Crippen molar-refractivity contribution in [1.29, 1.82) is 0 Å². The van der Waals surface area contributed by atoms with Crippen molar-refractivity contribution in [2.75, 3.05) is 27.2 Å². The molecule has 1 N–H and O–H groups in total. The molecule has 4 nitrogen and oxygen atoms in total. The normalized spacial score (nSPS) is 9.88. The molecule has 0 aliphatic carbocycles. The van der Waals surface area contributed by atoms with Crippen LogP contribution in [0.5, 0.6) is 0 Å². The van der Waals surface area contributed by atoms with Gasteiger partial charge in [0.05, 0.1) is 5.56 Å². The monoisotopic (exact) mass is 277 g/mol. The molecule has 0 atom stereocenters. The van der Waals surface area contributed by atoms with Gasteiger partial charge < -0.3 is 10.2 Å². The largest absolute Gasteiger partial charge is 0.352 e. The molecule has 0 saturated carbocycles. The summed E-state index contributed by atoms with van der Waals surface area (Å²) in [6.07, 6.45) is 2.47. The number of rotatable bonds is 5. The number of aromatic nitrogens is 1. The van der Waals surface area contributed by atoms with Crippen LogP contribution in [-0.2, 0) is 0 Å². The summed E-state index contributed by atoms with van der Waals surface area (Å²) < 4.78 is 0. The number of hydrogen-bond acceptors (Lipinski definition) is 3. The fraction of sp³-hybridized carbons (Fsp3) is 0.455. The van der Waals surface area contributed by atoms with E-state index >= 15 is 0 Å². The van der Waals surface area contributed by atoms with Gasteiger partial charge in [0.1, 0.15) is 5.15 Å². The van der Waals surface area contributed by atoms with Gasteiger partial charge in [0.25, 0.3) is 5.91 Å². The minimum Gasteiger partial charge on any atom is -0.352 e. The minimum absolute atomic E-state index is 0. The molecule has 96 valence electrons. The van der Waals surface area contributed by atoms with Crippen molar-refractivity contribution >= 4 is 29.9 Å². The molecule has 0 spiro atoms.